The summed E-state index contributed by atoms with van der Waals surface area (Å²) in [5.41, 5.74) is 1.67. The molecule has 1 aromatic rings. The molecule has 6 heteroatoms. The molecular formula is C22H35IN4O. The van der Waals surface area contributed by atoms with Gasteiger partial charge in [-0.2, -0.15) is 0 Å². The number of benzene rings is 1. The highest BCUT2D eigenvalue weighted by Crippen LogP contribution is 2.43. The Bertz CT molecular complexity index is 635. The largest absolute Gasteiger partial charge is 0.373 e. The smallest absolute Gasteiger partial charge is 0.191 e. The fourth-order valence-corrected chi connectivity index (χ4v) is 4.73. The Kier molecular flexibility index (Phi) is 8.00. The molecule has 4 rings (SSSR count). The maximum Gasteiger partial charge on any atom is 0.191 e. The number of fused-ring (bicyclic) bond motifs is 1. The van der Waals surface area contributed by atoms with Crippen molar-refractivity contribution < 1.29 is 4.74 Å². The Hall–Kier alpha value is -0.860. The van der Waals surface area contributed by atoms with E-state index in [1.54, 1.807) is 0 Å². The summed E-state index contributed by atoms with van der Waals surface area (Å²) in [6.07, 6.45) is 6.66. The van der Waals surface area contributed by atoms with Gasteiger partial charge < -0.3 is 15.4 Å². The summed E-state index contributed by atoms with van der Waals surface area (Å²) < 4.78 is 6.08. The van der Waals surface area contributed by atoms with Gasteiger partial charge in [0.1, 0.15) is 0 Å². The van der Waals surface area contributed by atoms with Crippen LogP contribution in [0.2, 0.25) is 0 Å². The number of ether oxygens (including phenoxy) is 1. The van der Waals surface area contributed by atoms with Crippen molar-refractivity contribution in [3.05, 3.63) is 35.9 Å². The molecule has 2 heterocycles. The summed E-state index contributed by atoms with van der Waals surface area (Å²) in [4.78, 5) is 7.56. The Morgan fingerprint density at radius 1 is 1.21 bits per heavy atom. The number of aliphatic imine (C=N–C) groups is 1. The van der Waals surface area contributed by atoms with Crippen molar-refractivity contribution in [2.24, 2.45) is 4.99 Å². The zero-order valence-corrected chi connectivity index (χ0v) is 19.4. The number of rotatable bonds is 6. The van der Waals surface area contributed by atoms with Crippen molar-refractivity contribution in [3.8, 4) is 0 Å². The molecule has 2 atom stereocenters. The van der Waals surface area contributed by atoms with Gasteiger partial charge >= 0.3 is 0 Å². The molecule has 0 amide bonds. The Morgan fingerprint density at radius 2 is 2.04 bits per heavy atom. The highest BCUT2D eigenvalue weighted by Gasteiger charge is 2.38. The summed E-state index contributed by atoms with van der Waals surface area (Å²) in [6, 6.07) is 11.6. The molecule has 28 heavy (non-hydrogen) atoms. The van der Waals surface area contributed by atoms with Crippen LogP contribution >= 0.6 is 24.0 Å². The second-order valence-corrected chi connectivity index (χ2v) is 8.32. The molecule has 2 unspecified atom stereocenters. The molecule has 0 aromatic heterocycles. The van der Waals surface area contributed by atoms with Gasteiger partial charge in [0.25, 0.3) is 0 Å². The normalized spacial score (nSPS) is 26.7. The van der Waals surface area contributed by atoms with E-state index >= 15 is 0 Å². The van der Waals surface area contributed by atoms with Crippen molar-refractivity contribution in [1.29, 1.82) is 0 Å². The van der Waals surface area contributed by atoms with Crippen LogP contribution in [0, 0.1) is 0 Å². The summed E-state index contributed by atoms with van der Waals surface area (Å²) >= 11 is 0. The van der Waals surface area contributed by atoms with Gasteiger partial charge in [0.05, 0.1) is 19.3 Å². The van der Waals surface area contributed by atoms with E-state index in [0.29, 0.717) is 6.04 Å². The topological polar surface area (TPSA) is 48.9 Å². The average Bonchev–Trinajstić information content (AvgIpc) is 3.14. The molecule has 5 nitrogen and oxygen atoms in total. The lowest BCUT2D eigenvalue weighted by Crippen LogP contribution is -2.51. The minimum absolute atomic E-state index is 0. The fourth-order valence-electron chi connectivity index (χ4n) is 4.73. The van der Waals surface area contributed by atoms with E-state index in [1.165, 1.54) is 44.2 Å². The van der Waals surface area contributed by atoms with Crippen LogP contribution in [0.4, 0.5) is 0 Å². The molecule has 1 saturated carbocycles. The Morgan fingerprint density at radius 3 is 2.75 bits per heavy atom. The predicted octanol–water partition coefficient (Wildman–Crippen LogP) is 3.14. The summed E-state index contributed by atoms with van der Waals surface area (Å²) in [6.45, 7) is 7.85. The number of nitrogens with one attached hydrogen (secondary N) is 2. The minimum atomic E-state index is 0. The first kappa shape index (κ1) is 21.8. The van der Waals surface area contributed by atoms with Gasteiger partial charge in [0.2, 0.25) is 0 Å². The summed E-state index contributed by atoms with van der Waals surface area (Å²) in [5, 5.41) is 6.94. The van der Waals surface area contributed by atoms with E-state index in [-0.39, 0.29) is 35.5 Å². The van der Waals surface area contributed by atoms with Gasteiger partial charge in [-0.15, -0.1) is 24.0 Å². The quantitative estimate of drug-likeness (QED) is 0.360. The van der Waals surface area contributed by atoms with Gasteiger partial charge in [0, 0.05) is 31.1 Å². The lowest BCUT2D eigenvalue weighted by atomic mass is 9.64. The standard InChI is InChI=1S/C22H34N4O.HI/c1-2-23-21(24-14-20-15-26-13-6-10-19(26)16-27-20)25-17-22(11-7-12-22)18-8-4-3-5-9-18;/h3-5,8-9,19-20H,2,6-7,10-17H2,1H3,(H2,23,24,25);1H. The van der Waals surface area contributed by atoms with Gasteiger partial charge in [0.15, 0.2) is 5.96 Å². The van der Waals surface area contributed by atoms with Crippen molar-refractivity contribution in [2.75, 3.05) is 39.3 Å². The number of guanidine groups is 1. The lowest BCUT2D eigenvalue weighted by molar-refractivity contribution is -0.0453. The molecule has 0 spiro atoms. The van der Waals surface area contributed by atoms with Gasteiger partial charge in [-0.1, -0.05) is 36.8 Å². The van der Waals surface area contributed by atoms with Crippen LogP contribution in [-0.4, -0.2) is 62.3 Å². The van der Waals surface area contributed by atoms with Gasteiger partial charge in [-0.3, -0.25) is 9.89 Å². The maximum atomic E-state index is 6.08. The minimum Gasteiger partial charge on any atom is -0.373 e. The monoisotopic (exact) mass is 498 g/mol. The van der Waals surface area contributed by atoms with Crippen LogP contribution in [0.25, 0.3) is 0 Å². The molecule has 1 aromatic carbocycles. The third kappa shape index (κ3) is 5.00. The lowest BCUT2D eigenvalue weighted by Gasteiger charge is -2.41. The first-order valence-electron chi connectivity index (χ1n) is 10.7. The highest BCUT2D eigenvalue weighted by atomic mass is 127. The van der Waals surface area contributed by atoms with Crippen LogP contribution in [0.1, 0.15) is 44.6 Å². The molecule has 0 bridgehead atoms. The first-order valence-corrected chi connectivity index (χ1v) is 10.7. The van der Waals surface area contributed by atoms with E-state index in [0.717, 1.165) is 38.7 Å². The molecular weight excluding hydrogens is 463 g/mol. The van der Waals surface area contributed by atoms with Crippen molar-refractivity contribution in [3.63, 3.8) is 0 Å². The molecule has 156 valence electrons. The van der Waals surface area contributed by atoms with Crippen molar-refractivity contribution in [1.82, 2.24) is 15.5 Å². The Balaban J connectivity index is 0.00000225. The third-order valence-corrected chi connectivity index (χ3v) is 6.54. The van der Waals surface area contributed by atoms with E-state index in [2.05, 4.69) is 52.8 Å². The van der Waals surface area contributed by atoms with Gasteiger partial charge in [-0.05, 0) is 44.7 Å². The number of morpholine rings is 1. The van der Waals surface area contributed by atoms with Gasteiger partial charge in [-0.25, -0.2) is 0 Å². The van der Waals surface area contributed by atoms with Crippen LogP contribution in [0.3, 0.4) is 0 Å². The molecule has 0 radical (unpaired) electrons. The van der Waals surface area contributed by atoms with Crippen LogP contribution < -0.4 is 10.6 Å². The van der Waals surface area contributed by atoms with Crippen LogP contribution in [-0.2, 0) is 10.2 Å². The SMILES string of the molecule is CCNC(=NCC1(c2ccccc2)CCC1)NCC1CN2CCCC2CO1.I. The first-order chi connectivity index (χ1) is 13.3. The highest BCUT2D eigenvalue weighted by molar-refractivity contribution is 14.0. The number of hydrogen-bond acceptors (Lipinski definition) is 3. The van der Waals surface area contributed by atoms with E-state index in [9.17, 15) is 0 Å². The summed E-state index contributed by atoms with van der Waals surface area (Å²) in [7, 11) is 0. The van der Waals surface area contributed by atoms with E-state index < -0.39 is 0 Å². The predicted molar refractivity (Wildman–Crippen MR) is 126 cm³/mol. The summed E-state index contributed by atoms with van der Waals surface area (Å²) in [5.74, 6) is 0.923. The second-order valence-electron chi connectivity index (χ2n) is 8.32. The molecule has 2 aliphatic heterocycles. The van der Waals surface area contributed by atoms with E-state index in [4.69, 9.17) is 9.73 Å². The van der Waals surface area contributed by atoms with Crippen LogP contribution in [0.5, 0.6) is 0 Å². The second kappa shape index (κ2) is 10.3. The van der Waals surface area contributed by atoms with E-state index in [1.807, 2.05) is 0 Å². The average molecular weight is 498 g/mol. The molecule has 2 saturated heterocycles. The zero-order chi connectivity index (χ0) is 18.5. The molecule has 3 aliphatic rings. The van der Waals surface area contributed by atoms with Crippen LogP contribution in [0.15, 0.2) is 35.3 Å². The fraction of sp³-hybridized carbons (Fsp3) is 0.682. The molecule has 2 N–H and O–H groups in total. The molecule has 3 fully saturated rings. The zero-order valence-electron chi connectivity index (χ0n) is 17.0. The Labute approximate surface area is 186 Å². The number of nitrogens with zero attached hydrogens (tertiary/aromatic N) is 2. The van der Waals surface area contributed by atoms with Crippen molar-refractivity contribution in [2.45, 2.75) is 56.6 Å². The number of hydrogen-bond donors (Lipinski definition) is 2. The maximum absolute atomic E-state index is 6.08. The third-order valence-electron chi connectivity index (χ3n) is 6.54. The molecule has 1 aliphatic carbocycles. The number of halogens is 1. The van der Waals surface area contributed by atoms with Crippen molar-refractivity contribution >= 4 is 29.9 Å².